The van der Waals surface area contributed by atoms with Gasteiger partial charge in [-0.1, -0.05) is 22.6 Å². The highest BCUT2D eigenvalue weighted by atomic mass is 127. The molecule has 0 aromatic carbocycles. The van der Waals surface area contributed by atoms with Gasteiger partial charge in [0.15, 0.2) is 0 Å². The summed E-state index contributed by atoms with van der Waals surface area (Å²) in [6.45, 7) is 1.62. The summed E-state index contributed by atoms with van der Waals surface area (Å²) in [5.74, 6) is 0. The molecule has 0 fully saturated rings. The molecule has 1 nitrogen and oxygen atoms in total. The molecular weight excluding hydrogens is 227 g/mol. The minimum Gasteiger partial charge on any atom is -0.300 e. The summed E-state index contributed by atoms with van der Waals surface area (Å²) >= 11 is 2.03. The molecule has 0 radical (unpaired) electrons. The predicted octanol–water partition coefficient (Wildman–Crippen LogP) is 1.62. The van der Waals surface area contributed by atoms with Crippen molar-refractivity contribution in [1.29, 1.82) is 0 Å². The van der Waals surface area contributed by atoms with Gasteiger partial charge in [-0.25, -0.2) is 8.78 Å². The quantitative estimate of drug-likeness (QED) is 0.445. The standard InChI is InChI=1S/C4H8F2IN/c1-3(7)8-2-4(5)6/h3-4,8H,2H2,1H3/t3-/m1/s1. The van der Waals surface area contributed by atoms with Crippen molar-refractivity contribution >= 4 is 22.6 Å². The molecule has 0 bridgehead atoms. The molecule has 0 amide bonds. The molecule has 0 unspecified atom stereocenters. The van der Waals surface area contributed by atoms with Gasteiger partial charge in [-0.3, -0.25) is 0 Å². The van der Waals surface area contributed by atoms with Crippen molar-refractivity contribution in [3.63, 3.8) is 0 Å². The summed E-state index contributed by atoms with van der Waals surface area (Å²) in [4.78, 5) is 0. The summed E-state index contributed by atoms with van der Waals surface area (Å²) in [5, 5.41) is 2.58. The zero-order chi connectivity index (χ0) is 6.57. The van der Waals surface area contributed by atoms with Crippen molar-refractivity contribution in [2.24, 2.45) is 0 Å². The summed E-state index contributed by atoms with van der Waals surface area (Å²) in [6, 6.07) is 0. The van der Waals surface area contributed by atoms with Gasteiger partial charge in [0.2, 0.25) is 0 Å². The van der Waals surface area contributed by atoms with Gasteiger partial charge in [0.25, 0.3) is 6.43 Å². The van der Waals surface area contributed by atoms with Crippen molar-refractivity contribution < 1.29 is 8.78 Å². The van der Waals surface area contributed by atoms with E-state index in [-0.39, 0.29) is 10.6 Å². The Hall–Kier alpha value is 0.550. The van der Waals surface area contributed by atoms with E-state index in [4.69, 9.17) is 0 Å². The van der Waals surface area contributed by atoms with Crippen LogP contribution in [0.1, 0.15) is 6.92 Å². The molecule has 8 heavy (non-hydrogen) atoms. The molecule has 0 aliphatic heterocycles. The highest BCUT2D eigenvalue weighted by Gasteiger charge is 2.01. The molecule has 50 valence electrons. The molecule has 0 rings (SSSR count). The number of hydrogen-bond acceptors (Lipinski definition) is 1. The first-order valence-electron chi connectivity index (χ1n) is 2.28. The molecule has 1 N–H and O–H groups in total. The maximum absolute atomic E-state index is 11.3. The van der Waals surface area contributed by atoms with E-state index in [0.29, 0.717) is 0 Å². The Kier molecular flexibility index (Phi) is 4.74. The van der Waals surface area contributed by atoms with Gasteiger partial charge >= 0.3 is 0 Å². The first-order valence-corrected chi connectivity index (χ1v) is 3.53. The fourth-order valence-electron chi connectivity index (χ4n) is 0.251. The van der Waals surface area contributed by atoms with Crippen molar-refractivity contribution in [3.8, 4) is 0 Å². The third-order valence-electron chi connectivity index (χ3n) is 0.553. The van der Waals surface area contributed by atoms with E-state index in [9.17, 15) is 8.78 Å². The largest absolute Gasteiger partial charge is 0.300 e. The Bertz CT molecular complexity index is 50.0. The van der Waals surface area contributed by atoms with Crippen molar-refractivity contribution in [2.75, 3.05) is 6.54 Å². The van der Waals surface area contributed by atoms with Crippen molar-refractivity contribution in [1.82, 2.24) is 5.32 Å². The van der Waals surface area contributed by atoms with Gasteiger partial charge in [0.1, 0.15) is 0 Å². The Labute approximate surface area is 61.0 Å². The molecule has 0 saturated heterocycles. The van der Waals surface area contributed by atoms with E-state index in [1.807, 2.05) is 29.5 Å². The highest BCUT2D eigenvalue weighted by molar-refractivity contribution is 14.1. The number of nitrogens with one attached hydrogen (secondary N) is 1. The summed E-state index contributed by atoms with van der Waals surface area (Å²) in [7, 11) is 0. The number of hydrogen-bond donors (Lipinski definition) is 1. The first-order chi connectivity index (χ1) is 3.63. The molecule has 1 atom stereocenters. The molecule has 0 spiro atoms. The zero-order valence-corrected chi connectivity index (χ0v) is 6.65. The minimum atomic E-state index is -2.23. The normalized spacial score (nSPS) is 14.6. The summed E-state index contributed by atoms with van der Waals surface area (Å²) < 4.78 is 22.8. The molecule has 0 aliphatic carbocycles. The Morgan fingerprint density at radius 2 is 2.12 bits per heavy atom. The van der Waals surface area contributed by atoms with Crippen LogP contribution in [0.25, 0.3) is 0 Å². The van der Waals surface area contributed by atoms with Gasteiger partial charge < -0.3 is 5.32 Å². The van der Waals surface area contributed by atoms with Crippen LogP contribution < -0.4 is 5.32 Å². The predicted molar refractivity (Wildman–Crippen MR) is 37.5 cm³/mol. The maximum atomic E-state index is 11.3. The van der Waals surface area contributed by atoms with Gasteiger partial charge in [0.05, 0.1) is 10.6 Å². The lowest BCUT2D eigenvalue weighted by molar-refractivity contribution is 0.146. The smallest absolute Gasteiger partial charge is 0.250 e. The van der Waals surface area contributed by atoms with Crippen LogP contribution >= 0.6 is 22.6 Å². The number of rotatable bonds is 3. The Balaban J connectivity index is 2.93. The van der Waals surface area contributed by atoms with E-state index < -0.39 is 6.43 Å². The maximum Gasteiger partial charge on any atom is 0.250 e. The van der Waals surface area contributed by atoms with Crippen LogP contribution in [0.2, 0.25) is 0 Å². The fraction of sp³-hybridized carbons (Fsp3) is 1.00. The van der Waals surface area contributed by atoms with Gasteiger partial charge in [-0.05, 0) is 6.92 Å². The lowest BCUT2D eigenvalue weighted by Gasteiger charge is -2.03. The SMILES string of the molecule is C[C@H](I)NCC(F)F. The van der Waals surface area contributed by atoms with Crippen LogP contribution in [-0.2, 0) is 0 Å². The van der Waals surface area contributed by atoms with Crippen LogP contribution in [-0.4, -0.2) is 17.0 Å². The third-order valence-corrected chi connectivity index (χ3v) is 0.994. The molecule has 0 aromatic heterocycles. The molecule has 0 heterocycles. The lowest BCUT2D eigenvalue weighted by Crippen LogP contribution is -2.25. The van der Waals surface area contributed by atoms with Gasteiger partial charge in [-0.15, -0.1) is 0 Å². The van der Waals surface area contributed by atoms with Crippen LogP contribution in [0.15, 0.2) is 0 Å². The van der Waals surface area contributed by atoms with Crippen molar-refractivity contribution in [2.45, 2.75) is 17.4 Å². The van der Waals surface area contributed by atoms with Gasteiger partial charge in [-0.2, -0.15) is 0 Å². The van der Waals surface area contributed by atoms with E-state index in [1.54, 1.807) is 0 Å². The van der Waals surface area contributed by atoms with Crippen LogP contribution in [0.4, 0.5) is 8.78 Å². The first kappa shape index (κ1) is 8.55. The van der Waals surface area contributed by atoms with Crippen LogP contribution in [0.5, 0.6) is 0 Å². The number of alkyl halides is 3. The fourth-order valence-corrected chi connectivity index (χ4v) is 0.506. The average Bonchev–Trinajstić information content (AvgIpc) is 1.61. The van der Waals surface area contributed by atoms with E-state index in [2.05, 4.69) is 5.32 Å². The number of halogens is 3. The Morgan fingerprint density at radius 3 is 2.25 bits per heavy atom. The summed E-state index contributed by atoms with van der Waals surface area (Å²) in [6.07, 6.45) is -2.23. The highest BCUT2D eigenvalue weighted by Crippen LogP contribution is 1.94. The molecule has 0 aromatic rings. The average molecular weight is 235 g/mol. The van der Waals surface area contributed by atoms with Crippen LogP contribution in [0, 0.1) is 0 Å². The van der Waals surface area contributed by atoms with E-state index in [1.165, 1.54) is 0 Å². The molecule has 4 heteroatoms. The van der Waals surface area contributed by atoms with Gasteiger partial charge in [0, 0.05) is 0 Å². The van der Waals surface area contributed by atoms with E-state index in [0.717, 1.165) is 0 Å². The van der Waals surface area contributed by atoms with Crippen LogP contribution in [0.3, 0.4) is 0 Å². The molecule has 0 saturated carbocycles. The molecular formula is C4H8F2IN. The third kappa shape index (κ3) is 6.55. The summed E-state index contributed by atoms with van der Waals surface area (Å²) in [5.41, 5.74) is 0. The second-order valence-electron chi connectivity index (χ2n) is 1.42. The lowest BCUT2D eigenvalue weighted by atomic mass is 10.6. The molecule has 0 aliphatic rings. The second-order valence-corrected chi connectivity index (χ2v) is 3.28. The Morgan fingerprint density at radius 1 is 1.62 bits per heavy atom. The monoisotopic (exact) mass is 235 g/mol. The topological polar surface area (TPSA) is 12.0 Å². The van der Waals surface area contributed by atoms with E-state index >= 15 is 0 Å². The second kappa shape index (κ2) is 4.43. The zero-order valence-electron chi connectivity index (χ0n) is 4.50. The van der Waals surface area contributed by atoms with Crippen molar-refractivity contribution in [3.05, 3.63) is 0 Å². The minimum absolute atomic E-state index is 0.126.